The predicted octanol–water partition coefficient (Wildman–Crippen LogP) is 2.24. The van der Waals surface area contributed by atoms with Crippen LogP contribution in [0.1, 0.15) is 13.3 Å². The van der Waals surface area contributed by atoms with Crippen molar-refractivity contribution in [1.29, 1.82) is 0 Å². The van der Waals surface area contributed by atoms with Crippen LogP contribution in [-0.2, 0) is 0 Å². The van der Waals surface area contributed by atoms with Crippen LogP contribution < -0.4 is 0 Å². The lowest BCUT2D eigenvalue weighted by atomic mass is 10.1. The quantitative estimate of drug-likeness (QED) is 0.562. The third kappa shape index (κ3) is 2.72. The highest BCUT2D eigenvalue weighted by molar-refractivity contribution is 4.73. The Morgan fingerprint density at radius 3 is 1.89 bits per heavy atom. The van der Waals surface area contributed by atoms with Gasteiger partial charge < -0.3 is 0 Å². The lowest BCUT2D eigenvalue weighted by molar-refractivity contribution is 0.0927. The summed E-state index contributed by atoms with van der Waals surface area (Å²) >= 11 is 0. The molecule has 0 aliphatic rings. The van der Waals surface area contributed by atoms with Gasteiger partial charge in [-0.25, -0.2) is 13.2 Å². The largest absolute Gasteiger partial charge is 0.244 e. The molecule has 9 heavy (non-hydrogen) atoms. The lowest BCUT2D eigenvalue weighted by Crippen LogP contribution is -2.25. The Morgan fingerprint density at radius 1 is 1.33 bits per heavy atom. The summed E-state index contributed by atoms with van der Waals surface area (Å²) in [6.45, 7) is 4.10. The molecule has 0 bridgehead atoms. The average molecular weight is 139 g/mol. The zero-order valence-electron chi connectivity index (χ0n) is 5.28. The van der Waals surface area contributed by atoms with Crippen molar-refractivity contribution in [2.24, 2.45) is 0 Å². The third-order valence-corrected chi connectivity index (χ3v) is 1.06. The molecule has 55 valence electrons. The van der Waals surface area contributed by atoms with Crippen LogP contribution in [0.4, 0.5) is 13.2 Å². The van der Waals surface area contributed by atoms with Gasteiger partial charge in [0.05, 0.1) is 0 Å². The van der Waals surface area contributed by atoms with Crippen molar-refractivity contribution >= 4 is 0 Å². The fourth-order valence-electron chi connectivity index (χ4n) is 0.447. The second-order valence-electron chi connectivity index (χ2n) is 1.93. The van der Waals surface area contributed by atoms with E-state index in [9.17, 15) is 13.2 Å². The van der Waals surface area contributed by atoms with E-state index < -0.39 is 18.5 Å². The van der Waals surface area contributed by atoms with Crippen LogP contribution in [-0.4, -0.2) is 18.5 Å². The normalized spacial score (nSPS) is 21.0. The molecule has 0 aromatic carbocycles. The van der Waals surface area contributed by atoms with E-state index in [4.69, 9.17) is 0 Å². The number of hydrogen-bond acceptors (Lipinski definition) is 0. The predicted molar refractivity (Wildman–Crippen MR) is 30.3 cm³/mol. The van der Waals surface area contributed by atoms with Crippen LogP contribution in [0, 0.1) is 6.92 Å². The van der Waals surface area contributed by atoms with Crippen molar-refractivity contribution in [1.82, 2.24) is 0 Å². The first-order valence-corrected chi connectivity index (χ1v) is 2.81. The van der Waals surface area contributed by atoms with Crippen LogP contribution in [0.15, 0.2) is 0 Å². The van der Waals surface area contributed by atoms with Crippen molar-refractivity contribution in [3.8, 4) is 0 Å². The molecule has 3 heteroatoms. The lowest BCUT2D eigenvalue weighted by Gasteiger charge is -2.11. The standard InChI is InChI=1S/C6H10F3/c1-3-5(8)6(9)4(2)7/h4-6H,1,3H2,2H3. The Balaban J connectivity index is 3.58. The van der Waals surface area contributed by atoms with Gasteiger partial charge in [-0.3, -0.25) is 0 Å². The van der Waals surface area contributed by atoms with Crippen LogP contribution in [0.25, 0.3) is 0 Å². The SMILES string of the molecule is [CH2]CC(F)C(F)C(C)F. The molecule has 0 aromatic rings. The fourth-order valence-corrected chi connectivity index (χ4v) is 0.447. The van der Waals surface area contributed by atoms with E-state index in [0.717, 1.165) is 6.92 Å². The van der Waals surface area contributed by atoms with Gasteiger partial charge in [0, 0.05) is 0 Å². The molecule has 0 fully saturated rings. The molecule has 0 aliphatic heterocycles. The number of halogens is 3. The molecule has 0 rings (SSSR count). The summed E-state index contributed by atoms with van der Waals surface area (Å²) in [6.07, 6.45) is -5.72. The Morgan fingerprint density at radius 2 is 1.78 bits per heavy atom. The van der Waals surface area contributed by atoms with Crippen LogP contribution in [0.2, 0.25) is 0 Å². The molecule has 0 N–H and O–H groups in total. The van der Waals surface area contributed by atoms with Crippen LogP contribution in [0.5, 0.6) is 0 Å². The number of rotatable bonds is 3. The fraction of sp³-hybridized carbons (Fsp3) is 0.833. The van der Waals surface area contributed by atoms with Gasteiger partial charge in [-0.2, -0.15) is 0 Å². The highest BCUT2D eigenvalue weighted by atomic mass is 19.2. The zero-order valence-corrected chi connectivity index (χ0v) is 5.28. The third-order valence-electron chi connectivity index (χ3n) is 1.06. The molecular formula is C6H10F3. The molecule has 1 radical (unpaired) electrons. The Hall–Kier alpha value is -0.210. The molecule has 0 aliphatic carbocycles. The van der Waals surface area contributed by atoms with Gasteiger partial charge >= 0.3 is 0 Å². The van der Waals surface area contributed by atoms with Gasteiger partial charge in [-0.15, -0.1) is 0 Å². The van der Waals surface area contributed by atoms with Crippen molar-refractivity contribution in [2.75, 3.05) is 0 Å². The van der Waals surface area contributed by atoms with E-state index in [1.807, 2.05) is 0 Å². The summed E-state index contributed by atoms with van der Waals surface area (Å²) in [4.78, 5) is 0. The summed E-state index contributed by atoms with van der Waals surface area (Å²) in [5, 5.41) is 0. The summed E-state index contributed by atoms with van der Waals surface area (Å²) in [7, 11) is 0. The van der Waals surface area contributed by atoms with Gasteiger partial charge in [0.1, 0.15) is 12.3 Å². The molecular weight excluding hydrogens is 129 g/mol. The second kappa shape index (κ2) is 3.75. The van der Waals surface area contributed by atoms with Crippen molar-refractivity contribution in [3.05, 3.63) is 6.92 Å². The Kier molecular flexibility index (Phi) is 3.66. The maximum Gasteiger partial charge on any atom is 0.162 e. The van der Waals surface area contributed by atoms with Gasteiger partial charge in [0.25, 0.3) is 0 Å². The van der Waals surface area contributed by atoms with Crippen LogP contribution >= 0.6 is 0 Å². The smallest absolute Gasteiger partial charge is 0.162 e. The average Bonchev–Trinajstić information content (AvgIpc) is 1.84. The van der Waals surface area contributed by atoms with Gasteiger partial charge in [-0.1, -0.05) is 6.92 Å². The van der Waals surface area contributed by atoms with Gasteiger partial charge in [0.2, 0.25) is 0 Å². The van der Waals surface area contributed by atoms with E-state index in [0.29, 0.717) is 0 Å². The molecule has 0 aromatic heterocycles. The minimum absolute atomic E-state index is 0.213. The molecule has 0 saturated carbocycles. The molecule has 0 heterocycles. The topological polar surface area (TPSA) is 0 Å². The second-order valence-corrected chi connectivity index (χ2v) is 1.93. The highest BCUT2D eigenvalue weighted by Crippen LogP contribution is 2.13. The molecule has 3 unspecified atom stereocenters. The first-order chi connectivity index (χ1) is 4.09. The van der Waals surface area contributed by atoms with E-state index >= 15 is 0 Å². The van der Waals surface area contributed by atoms with Crippen molar-refractivity contribution in [3.63, 3.8) is 0 Å². The van der Waals surface area contributed by atoms with Crippen molar-refractivity contribution < 1.29 is 13.2 Å². The van der Waals surface area contributed by atoms with E-state index in [2.05, 4.69) is 6.92 Å². The Bertz CT molecular complexity index is 72.7. The van der Waals surface area contributed by atoms with E-state index in [1.54, 1.807) is 0 Å². The van der Waals surface area contributed by atoms with Crippen molar-refractivity contribution in [2.45, 2.75) is 31.9 Å². The monoisotopic (exact) mass is 139 g/mol. The maximum absolute atomic E-state index is 12.1. The molecule has 0 amide bonds. The minimum atomic E-state index is -2.01. The van der Waals surface area contributed by atoms with Gasteiger partial charge in [-0.05, 0) is 13.3 Å². The van der Waals surface area contributed by atoms with E-state index in [-0.39, 0.29) is 6.42 Å². The highest BCUT2D eigenvalue weighted by Gasteiger charge is 2.24. The number of hydrogen-bond donors (Lipinski definition) is 0. The first kappa shape index (κ1) is 8.79. The van der Waals surface area contributed by atoms with Crippen LogP contribution in [0.3, 0.4) is 0 Å². The summed E-state index contributed by atoms with van der Waals surface area (Å²) in [5.41, 5.74) is 0. The van der Waals surface area contributed by atoms with E-state index in [1.165, 1.54) is 0 Å². The molecule has 0 nitrogen and oxygen atoms in total. The maximum atomic E-state index is 12.1. The van der Waals surface area contributed by atoms with Gasteiger partial charge in [0.15, 0.2) is 6.17 Å². The molecule has 3 atom stereocenters. The minimum Gasteiger partial charge on any atom is -0.244 e. The molecule has 0 saturated heterocycles. The molecule has 0 spiro atoms. The number of alkyl halides is 3. The summed E-state index contributed by atoms with van der Waals surface area (Å²) in [5.74, 6) is 0. The summed E-state index contributed by atoms with van der Waals surface area (Å²) in [6, 6.07) is 0. The zero-order chi connectivity index (χ0) is 7.44. The summed E-state index contributed by atoms with van der Waals surface area (Å²) < 4.78 is 36.1. The first-order valence-electron chi connectivity index (χ1n) is 2.81. The Labute approximate surface area is 53.1 Å².